The van der Waals surface area contributed by atoms with Crippen LogP contribution in [0.4, 0.5) is 27.6 Å². The van der Waals surface area contributed by atoms with Gasteiger partial charge in [0.2, 0.25) is 11.7 Å². The van der Waals surface area contributed by atoms with Crippen molar-refractivity contribution < 1.29 is 36.0 Å². The Kier molecular flexibility index (Phi) is 6.97. The maximum atomic E-state index is 14.0. The minimum atomic E-state index is -2.24. The Morgan fingerprint density at radius 1 is 0.943 bits per heavy atom. The van der Waals surface area contributed by atoms with Crippen LogP contribution in [0.2, 0.25) is 0 Å². The Hall–Kier alpha value is -3.22. The zero-order valence-corrected chi connectivity index (χ0v) is 19.1. The van der Waals surface area contributed by atoms with Gasteiger partial charge in [-0.25, -0.2) is 22.0 Å². The number of nitrogens with zero attached hydrogens (tertiary/aromatic N) is 2. The van der Waals surface area contributed by atoms with Crippen molar-refractivity contribution in [1.29, 1.82) is 0 Å². The summed E-state index contributed by atoms with van der Waals surface area (Å²) in [4.78, 5) is 27.7. The van der Waals surface area contributed by atoms with Crippen LogP contribution < -0.4 is 10.6 Å². The molecule has 7 nitrogen and oxygen atoms in total. The molecule has 1 aromatic carbocycles. The van der Waals surface area contributed by atoms with Crippen LogP contribution >= 0.6 is 12.2 Å². The molecule has 0 saturated carbocycles. The zero-order valence-electron chi connectivity index (χ0n) is 18.3. The van der Waals surface area contributed by atoms with Gasteiger partial charge in [0.15, 0.2) is 34.1 Å². The second-order valence-electron chi connectivity index (χ2n) is 8.59. The van der Waals surface area contributed by atoms with E-state index >= 15 is 0 Å². The second kappa shape index (κ2) is 9.80. The molecule has 1 spiro atoms. The van der Waals surface area contributed by atoms with E-state index in [9.17, 15) is 31.5 Å². The molecule has 2 fully saturated rings. The van der Waals surface area contributed by atoms with Crippen LogP contribution in [0.5, 0.6) is 0 Å². The first-order valence-electron chi connectivity index (χ1n) is 10.8. The normalized spacial score (nSPS) is 17.1. The fourth-order valence-corrected chi connectivity index (χ4v) is 4.67. The lowest BCUT2D eigenvalue weighted by atomic mass is 9.78. The van der Waals surface area contributed by atoms with Crippen molar-refractivity contribution >= 4 is 34.8 Å². The molecule has 2 aromatic rings. The molecule has 2 aliphatic rings. The fraction of sp³-hybridized carbons (Fsp3) is 0.409. The van der Waals surface area contributed by atoms with Crippen LogP contribution in [0, 0.1) is 34.5 Å². The number of carbonyl (C=O) groups excluding carboxylic acids is 2. The molecule has 13 heteroatoms. The van der Waals surface area contributed by atoms with Gasteiger partial charge in [0.25, 0.3) is 5.91 Å². The number of carbonyl (C=O) groups is 2. The average molecular weight is 516 g/mol. The maximum absolute atomic E-state index is 14.0. The zero-order chi connectivity index (χ0) is 25.3. The van der Waals surface area contributed by atoms with Crippen LogP contribution in [0.3, 0.4) is 0 Å². The third-order valence-electron chi connectivity index (χ3n) is 6.49. The number of furan rings is 1. The number of benzene rings is 1. The number of thiocarbonyl (C=S) groups is 1. The molecule has 2 saturated heterocycles. The predicted octanol–water partition coefficient (Wildman–Crippen LogP) is 3.42. The summed E-state index contributed by atoms with van der Waals surface area (Å²) in [5.41, 5.74) is -1.40. The van der Waals surface area contributed by atoms with Crippen molar-refractivity contribution in [3.8, 4) is 0 Å². The van der Waals surface area contributed by atoms with E-state index in [2.05, 4.69) is 10.6 Å². The Balaban J connectivity index is 1.30. The highest BCUT2D eigenvalue weighted by Gasteiger charge is 2.42. The third kappa shape index (κ3) is 4.95. The highest BCUT2D eigenvalue weighted by Crippen LogP contribution is 2.40. The van der Waals surface area contributed by atoms with E-state index in [-0.39, 0.29) is 28.7 Å². The summed E-state index contributed by atoms with van der Waals surface area (Å²) in [7, 11) is 0. The Labute approximate surface area is 202 Å². The minimum Gasteiger partial charge on any atom is -0.459 e. The number of rotatable bonds is 4. The largest absolute Gasteiger partial charge is 0.459 e. The van der Waals surface area contributed by atoms with Crippen LogP contribution in [0.15, 0.2) is 22.8 Å². The predicted molar refractivity (Wildman–Crippen MR) is 118 cm³/mol. The maximum Gasteiger partial charge on any atom is 0.287 e. The summed E-state index contributed by atoms with van der Waals surface area (Å²) >= 11 is 5.17. The lowest BCUT2D eigenvalue weighted by Crippen LogP contribution is -2.48. The fourth-order valence-electron chi connectivity index (χ4n) is 4.41. The molecule has 0 unspecified atom stereocenters. The van der Waals surface area contributed by atoms with E-state index in [1.54, 1.807) is 15.9 Å². The van der Waals surface area contributed by atoms with E-state index in [0.29, 0.717) is 45.4 Å². The number of hydrogen-bond donors (Lipinski definition) is 2. The lowest BCUT2D eigenvalue weighted by Gasteiger charge is -2.39. The third-order valence-corrected chi connectivity index (χ3v) is 6.85. The Bertz CT molecular complexity index is 1120. The van der Waals surface area contributed by atoms with Gasteiger partial charge < -0.3 is 24.9 Å². The molecular formula is C22H21F5N4O3S. The van der Waals surface area contributed by atoms with Crippen molar-refractivity contribution in [2.24, 2.45) is 5.41 Å². The molecule has 1 aromatic heterocycles. The summed E-state index contributed by atoms with van der Waals surface area (Å²) in [6.45, 7) is 1.55. The van der Waals surface area contributed by atoms with Crippen LogP contribution in [0.1, 0.15) is 29.8 Å². The molecule has 4 rings (SSSR count). The van der Waals surface area contributed by atoms with E-state index in [1.807, 2.05) is 0 Å². The number of anilines is 1. The molecular weight excluding hydrogens is 495 g/mol. The molecule has 2 aliphatic heterocycles. The van der Waals surface area contributed by atoms with Crippen molar-refractivity contribution in [2.45, 2.75) is 19.3 Å². The van der Waals surface area contributed by atoms with Gasteiger partial charge in [0.05, 0.1) is 12.8 Å². The standard InChI is InChI=1S/C22H21F5N4O3S/c23-14-15(24)17(26)19(18(27)16(14)25)29-21(35)31-8-5-22(11-31)3-6-30(7-4-22)13(32)10-28-20(33)12-2-1-9-34-12/h1-2,9H,3-8,10-11H2,(H,28,33)(H,29,35). The Morgan fingerprint density at radius 3 is 2.09 bits per heavy atom. The van der Waals surface area contributed by atoms with Crippen LogP contribution in [0.25, 0.3) is 0 Å². The first kappa shape index (κ1) is 24.9. The second-order valence-corrected chi connectivity index (χ2v) is 8.97. The quantitative estimate of drug-likeness (QED) is 0.281. The monoisotopic (exact) mass is 516 g/mol. The van der Waals surface area contributed by atoms with Gasteiger partial charge in [0.1, 0.15) is 5.69 Å². The number of nitrogens with one attached hydrogen (secondary N) is 2. The molecule has 3 heterocycles. The molecule has 2 N–H and O–H groups in total. The molecule has 2 amide bonds. The highest BCUT2D eigenvalue weighted by atomic mass is 32.1. The van der Waals surface area contributed by atoms with Gasteiger partial charge in [-0.05, 0) is 49.0 Å². The first-order chi connectivity index (χ1) is 16.6. The molecule has 35 heavy (non-hydrogen) atoms. The van der Waals surface area contributed by atoms with Gasteiger partial charge in [-0.3, -0.25) is 9.59 Å². The molecule has 0 bridgehead atoms. The lowest BCUT2D eigenvalue weighted by molar-refractivity contribution is -0.132. The van der Waals surface area contributed by atoms with Crippen molar-refractivity contribution in [3.05, 3.63) is 53.2 Å². The smallest absolute Gasteiger partial charge is 0.287 e. The summed E-state index contributed by atoms with van der Waals surface area (Å²) in [5.74, 6) is -10.9. The topological polar surface area (TPSA) is 77.8 Å². The van der Waals surface area contributed by atoms with E-state index < -0.39 is 40.7 Å². The van der Waals surface area contributed by atoms with Crippen molar-refractivity contribution in [1.82, 2.24) is 15.1 Å². The van der Waals surface area contributed by atoms with Crippen LogP contribution in [-0.2, 0) is 4.79 Å². The van der Waals surface area contributed by atoms with E-state index in [1.165, 1.54) is 12.3 Å². The minimum absolute atomic E-state index is 0.108. The molecule has 0 atom stereocenters. The van der Waals surface area contributed by atoms with E-state index in [4.69, 9.17) is 16.6 Å². The summed E-state index contributed by atoms with van der Waals surface area (Å²) in [5, 5.41) is 4.53. The van der Waals surface area contributed by atoms with Gasteiger partial charge in [-0.15, -0.1) is 0 Å². The van der Waals surface area contributed by atoms with Gasteiger partial charge in [0, 0.05) is 26.2 Å². The number of halogens is 5. The molecule has 0 radical (unpaired) electrons. The number of hydrogen-bond acceptors (Lipinski definition) is 4. The van der Waals surface area contributed by atoms with Crippen molar-refractivity contribution in [2.75, 3.05) is 38.0 Å². The summed E-state index contributed by atoms with van der Waals surface area (Å²) in [6, 6.07) is 3.05. The molecule has 0 aliphatic carbocycles. The van der Waals surface area contributed by atoms with E-state index in [0.717, 1.165) is 0 Å². The first-order valence-corrected chi connectivity index (χ1v) is 11.2. The van der Waals surface area contributed by atoms with Crippen LogP contribution in [-0.4, -0.2) is 59.5 Å². The average Bonchev–Trinajstić information content (AvgIpc) is 3.54. The number of likely N-dealkylation sites (tertiary alicyclic amines) is 2. The number of amides is 2. The Morgan fingerprint density at radius 2 is 1.51 bits per heavy atom. The van der Waals surface area contributed by atoms with Gasteiger partial charge in [-0.2, -0.15) is 0 Å². The van der Waals surface area contributed by atoms with Crippen molar-refractivity contribution in [3.63, 3.8) is 0 Å². The van der Waals surface area contributed by atoms with Gasteiger partial charge >= 0.3 is 0 Å². The number of piperidine rings is 1. The van der Waals surface area contributed by atoms with Gasteiger partial charge in [-0.1, -0.05) is 0 Å². The highest BCUT2D eigenvalue weighted by molar-refractivity contribution is 7.80. The molecule has 188 valence electrons. The SMILES string of the molecule is O=C(NCC(=O)N1CCC2(CC1)CCN(C(=S)Nc1c(F)c(F)c(F)c(F)c1F)C2)c1ccco1. The summed E-state index contributed by atoms with van der Waals surface area (Å²) < 4.78 is 73.1. The summed E-state index contributed by atoms with van der Waals surface area (Å²) in [6.07, 6.45) is 3.30.